The highest BCUT2D eigenvalue weighted by Crippen LogP contribution is 2.37. The molecule has 0 bridgehead atoms. The maximum absolute atomic E-state index is 5.83. The van der Waals surface area contributed by atoms with E-state index in [9.17, 15) is 0 Å². The Hall–Kier alpha value is -1.51. The van der Waals surface area contributed by atoms with Crippen LogP contribution in [0, 0.1) is 20.8 Å². The summed E-state index contributed by atoms with van der Waals surface area (Å²) in [6, 6.07) is 0. The highest BCUT2D eigenvalue weighted by Gasteiger charge is 2.19. The maximum Gasteiger partial charge on any atom is 0.283 e. The van der Waals surface area contributed by atoms with Gasteiger partial charge in [0.25, 0.3) is 5.22 Å². The molecule has 0 spiro atoms. The molecule has 4 heterocycles. The molecule has 0 N–H and O–H groups in total. The van der Waals surface area contributed by atoms with Gasteiger partial charge in [-0.15, -0.1) is 21.5 Å². The molecular weight excluding hydrogens is 342 g/mol. The Morgan fingerprint density at radius 3 is 2.71 bits per heavy atom. The minimum atomic E-state index is 0.548. The van der Waals surface area contributed by atoms with Crippen LogP contribution in [0.25, 0.3) is 10.2 Å². The standard InChI is InChI=1S/C16H19N5OS2/c1-9-10(2)23-14-13(9)15(18-11(3)17-14)24-16-20-19-12(22-16)8-21-6-4-5-7-21/h4-8H2,1-3H3. The van der Waals surface area contributed by atoms with Gasteiger partial charge in [0, 0.05) is 10.3 Å². The van der Waals surface area contributed by atoms with E-state index in [0.29, 0.717) is 11.1 Å². The lowest BCUT2D eigenvalue weighted by Gasteiger charge is -2.10. The second kappa shape index (κ2) is 6.42. The van der Waals surface area contributed by atoms with E-state index in [1.807, 2.05) is 6.92 Å². The predicted octanol–water partition coefficient (Wildman–Crippen LogP) is 3.75. The van der Waals surface area contributed by atoms with E-state index >= 15 is 0 Å². The largest absolute Gasteiger partial charge is 0.414 e. The highest BCUT2D eigenvalue weighted by atomic mass is 32.2. The molecule has 0 amide bonds. The number of likely N-dealkylation sites (tertiary alicyclic amines) is 1. The Morgan fingerprint density at radius 1 is 1.12 bits per heavy atom. The molecule has 0 unspecified atom stereocenters. The lowest BCUT2D eigenvalue weighted by Crippen LogP contribution is -2.18. The molecule has 24 heavy (non-hydrogen) atoms. The third-order valence-electron chi connectivity index (χ3n) is 4.30. The van der Waals surface area contributed by atoms with Crippen LogP contribution in [0.4, 0.5) is 0 Å². The number of nitrogens with zero attached hydrogens (tertiary/aromatic N) is 5. The van der Waals surface area contributed by atoms with Crippen LogP contribution < -0.4 is 0 Å². The Labute approximate surface area is 148 Å². The van der Waals surface area contributed by atoms with Crippen molar-refractivity contribution in [2.24, 2.45) is 0 Å². The SMILES string of the molecule is Cc1nc(Sc2nnc(CN3CCCC3)o2)c2c(C)c(C)sc2n1. The van der Waals surface area contributed by atoms with E-state index < -0.39 is 0 Å². The zero-order valence-corrected chi connectivity index (χ0v) is 15.6. The summed E-state index contributed by atoms with van der Waals surface area (Å²) >= 11 is 3.14. The maximum atomic E-state index is 5.83. The zero-order chi connectivity index (χ0) is 16.7. The van der Waals surface area contributed by atoms with Gasteiger partial charge >= 0.3 is 0 Å². The van der Waals surface area contributed by atoms with Crippen molar-refractivity contribution < 1.29 is 4.42 Å². The van der Waals surface area contributed by atoms with Crippen LogP contribution in [0.1, 0.15) is 35.0 Å². The first kappa shape index (κ1) is 16.0. The zero-order valence-electron chi connectivity index (χ0n) is 14.0. The van der Waals surface area contributed by atoms with Crippen molar-refractivity contribution in [2.45, 2.75) is 50.4 Å². The van der Waals surface area contributed by atoms with Gasteiger partial charge in [0.1, 0.15) is 15.7 Å². The molecule has 0 aromatic carbocycles. The van der Waals surface area contributed by atoms with Crippen LogP contribution >= 0.6 is 23.1 Å². The Balaban J connectivity index is 1.61. The average molecular weight is 361 g/mol. The van der Waals surface area contributed by atoms with Crippen molar-refractivity contribution in [1.29, 1.82) is 0 Å². The third kappa shape index (κ3) is 3.05. The molecule has 8 heteroatoms. The molecule has 3 aromatic rings. The van der Waals surface area contributed by atoms with Gasteiger partial charge in [-0.3, -0.25) is 4.90 Å². The van der Waals surface area contributed by atoms with Gasteiger partial charge in [0.05, 0.1) is 6.54 Å². The number of aromatic nitrogens is 4. The molecule has 6 nitrogen and oxygen atoms in total. The van der Waals surface area contributed by atoms with Crippen molar-refractivity contribution in [3.05, 3.63) is 22.2 Å². The van der Waals surface area contributed by atoms with Crippen LogP contribution in [0.2, 0.25) is 0 Å². The van der Waals surface area contributed by atoms with Gasteiger partial charge in [-0.1, -0.05) is 0 Å². The molecule has 126 valence electrons. The molecule has 0 aliphatic carbocycles. The molecule has 1 fully saturated rings. The van der Waals surface area contributed by atoms with Crippen molar-refractivity contribution >= 4 is 33.3 Å². The van der Waals surface area contributed by atoms with E-state index in [4.69, 9.17) is 4.42 Å². The number of thiophene rings is 1. The molecule has 0 atom stereocenters. The fourth-order valence-corrected chi connectivity index (χ4v) is 5.00. The molecule has 0 radical (unpaired) electrons. The number of aryl methyl sites for hydroxylation is 3. The van der Waals surface area contributed by atoms with Gasteiger partial charge in [-0.25, -0.2) is 9.97 Å². The number of hydrogen-bond donors (Lipinski definition) is 0. The van der Waals surface area contributed by atoms with Gasteiger partial charge < -0.3 is 4.42 Å². The summed E-state index contributed by atoms with van der Waals surface area (Å²) in [6.07, 6.45) is 2.51. The Morgan fingerprint density at radius 2 is 1.92 bits per heavy atom. The van der Waals surface area contributed by atoms with Gasteiger partial charge in [0.2, 0.25) is 5.89 Å². The first-order valence-corrected chi connectivity index (χ1v) is 9.70. The Bertz CT molecular complexity index is 882. The van der Waals surface area contributed by atoms with Crippen LogP contribution in [0.3, 0.4) is 0 Å². The molecule has 1 aliphatic heterocycles. The summed E-state index contributed by atoms with van der Waals surface area (Å²) in [5.74, 6) is 1.45. The molecule has 1 saturated heterocycles. The van der Waals surface area contributed by atoms with Crippen LogP contribution in [0.5, 0.6) is 0 Å². The molecular formula is C16H19N5OS2. The van der Waals surface area contributed by atoms with E-state index in [1.165, 1.54) is 35.0 Å². The van der Waals surface area contributed by atoms with Crippen molar-refractivity contribution in [1.82, 2.24) is 25.1 Å². The summed E-state index contributed by atoms with van der Waals surface area (Å²) in [5.41, 5.74) is 1.23. The molecule has 4 rings (SSSR count). The summed E-state index contributed by atoms with van der Waals surface area (Å²) in [7, 11) is 0. The van der Waals surface area contributed by atoms with Crippen molar-refractivity contribution in [3.63, 3.8) is 0 Å². The minimum Gasteiger partial charge on any atom is -0.414 e. The average Bonchev–Trinajstić information content (AvgIpc) is 3.24. The smallest absolute Gasteiger partial charge is 0.283 e. The predicted molar refractivity (Wildman–Crippen MR) is 94.6 cm³/mol. The molecule has 0 saturated carbocycles. The van der Waals surface area contributed by atoms with Crippen molar-refractivity contribution in [3.8, 4) is 0 Å². The quantitative estimate of drug-likeness (QED) is 0.656. The molecule has 1 aliphatic rings. The second-order valence-corrected chi connectivity index (χ2v) is 8.23. The topological polar surface area (TPSA) is 67.9 Å². The fraction of sp³-hybridized carbons (Fsp3) is 0.500. The summed E-state index contributed by atoms with van der Waals surface area (Å²) in [5, 5.41) is 10.9. The third-order valence-corrected chi connectivity index (χ3v) is 6.23. The van der Waals surface area contributed by atoms with Gasteiger partial charge in [-0.2, -0.15) is 0 Å². The lowest BCUT2D eigenvalue weighted by molar-refractivity contribution is 0.278. The van der Waals surface area contributed by atoms with Crippen LogP contribution in [-0.2, 0) is 6.54 Å². The fourth-order valence-electron chi connectivity index (χ4n) is 2.95. The highest BCUT2D eigenvalue weighted by molar-refractivity contribution is 7.99. The number of hydrogen-bond acceptors (Lipinski definition) is 8. The summed E-state index contributed by atoms with van der Waals surface area (Å²) < 4.78 is 5.83. The minimum absolute atomic E-state index is 0.548. The molecule has 3 aromatic heterocycles. The normalized spacial score (nSPS) is 15.6. The van der Waals surface area contributed by atoms with E-state index in [0.717, 1.165) is 40.7 Å². The van der Waals surface area contributed by atoms with Gasteiger partial charge in [0.15, 0.2) is 0 Å². The van der Waals surface area contributed by atoms with Crippen molar-refractivity contribution in [2.75, 3.05) is 13.1 Å². The van der Waals surface area contributed by atoms with Gasteiger partial charge in [-0.05, 0) is 64.0 Å². The van der Waals surface area contributed by atoms with Crippen LogP contribution in [-0.4, -0.2) is 38.2 Å². The second-order valence-electron chi connectivity index (χ2n) is 6.09. The Kier molecular flexibility index (Phi) is 4.28. The summed E-state index contributed by atoms with van der Waals surface area (Å²) in [4.78, 5) is 13.8. The number of fused-ring (bicyclic) bond motifs is 1. The van der Waals surface area contributed by atoms with Crippen LogP contribution in [0.15, 0.2) is 14.7 Å². The number of rotatable bonds is 4. The first-order valence-electron chi connectivity index (χ1n) is 8.07. The first-order chi connectivity index (χ1) is 11.6. The van der Waals surface area contributed by atoms with E-state index in [2.05, 4.69) is 38.9 Å². The summed E-state index contributed by atoms with van der Waals surface area (Å²) in [6.45, 7) is 9.12. The van der Waals surface area contributed by atoms with E-state index in [1.54, 1.807) is 11.3 Å². The lowest BCUT2D eigenvalue weighted by atomic mass is 10.2. The monoisotopic (exact) mass is 361 g/mol. The van der Waals surface area contributed by atoms with E-state index in [-0.39, 0.29) is 0 Å².